The lowest BCUT2D eigenvalue weighted by atomic mass is 10.2. The van der Waals surface area contributed by atoms with Crippen LogP contribution in [-0.4, -0.2) is 15.6 Å². The Labute approximate surface area is 118 Å². The van der Waals surface area contributed by atoms with Gasteiger partial charge in [0.1, 0.15) is 5.82 Å². The van der Waals surface area contributed by atoms with Crippen molar-refractivity contribution < 1.29 is 4.39 Å². The molecule has 4 N–H and O–H groups in total. The van der Waals surface area contributed by atoms with E-state index >= 15 is 0 Å². The van der Waals surface area contributed by atoms with E-state index in [2.05, 4.69) is 9.98 Å². The van der Waals surface area contributed by atoms with Gasteiger partial charge < -0.3 is 11.5 Å². The Morgan fingerprint density at radius 1 is 1.17 bits per heavy atom. The van der Waals surface area contributed by atoms with Crippen molar-refractivity contribution in [3.05, 3.63) is 35.6 Å². The third kappa shape index (κ3) is 5.08. The lowest BCUT2D eigenvalue weighted by Gasteiger charge is -2.08. The number of nitrogens with zero attached hydrogens (tertiary/aromatic N) is 2. The maximum atomic E-state index is 12.6. The summed E-state index contributed by atoms with van der Waals surface area (Å²) in [6.07, 6.45) is 0. The molecular weight excluding hydrogens is 301 g/mol. The molecule has 0 aliphatic heterocycles. The number of halogens is 4. The van der Waals surface area contributed by atoms with Gasteiger partial charge in [-0.3, -0.25) is 0 Å². The highest BCUT2D eigenvalue weighted by Gasteiger charge is 2.25. The molecule has 98 valence electrons. The molecule has 1 rings (SSSR count). The van der Waals surface area contributed by atoms with Gasteiger partial charge in [0.2, 0.25) is 9.75 Å². The van der Waals surface area contributed by atoms with E-state index in [1.807, 2.05) is 0 Å². The summed E-state index contributed by atoms with van der Waals surface area (Å²) in [4.78, 5) is 7.54. The van der Waals surface area contributed by atoms with Gasteiger partial charge in [0.25, 0.3) is 0 Å². The molecule has 0 unspecified atom stereocenters. The lowest BCUT2D eigenvalue weighted by molar-refractivity contribution is 0.627. The highest BCUT2D eigenvalue weighted by Crippen LogP contribution is 2.25. The van der Waals surface area contributed by atoms with E-state index < -0.39 is 3.79 Å². The third-order valence-corrected chi connectivity index (χ3v) is 2.44. The minimum Gasteiger partial charge on any atom is -0.383 e. The molecule has 0 amide bonds. The second-order valence-corrected chi connectivity index (χ2v) is 5.58. The van der Waals surface area contributed by atoms with Crippen LogP contribution in [0.25, 0.3) is 0 Å². The summed E-state index contributed by atoms with van der Waals surface area (Å²) in [6.45, 7) is 0.225. The average Bonchev–Trinajstić information content (AvgIpc) is 2.27. The predicted octanol–water partition coefficient (Wildman–Crippen LogP) is 2.37. The Bertz CT molecular complexity index is 465. The first-order valence-corrected chi connectivity index (χ1v) is 5.88. The van der Waals surface area contributed by atoms with Crippen molar-refractivity contribution >= 4 is 46.6 Å². The number of aliphatic imine (C=N–C) groups is 2. The van der Waals surface area contributed by atoms with Gasteiger partial charge in [-0.2, -0.15) is 4.99 Å². The molecule has 0 aromatic heterocycles. The molecule has 0 fully saturated rings. The first-order chi connectivity index (χ1) is 8.29. The predicted molar refractivity (Wildman–Crippen MR) is 73.6 cm³/mol. The molecule has 0 spiro atoms. The smallest absolute Gasteiger partial charge is 0.247 e. The zero-order valence-electron chi connectivity index (χ0n) is 9.08. The Morgan fingerprint density at radius 2 is 1.72 bits per heavy atom. The van der Waals surface area contributed by atoms with Crippen LogP contribution in [0.1, 0.15) is 5.56 Å². The Balaban J connectivity index is 2.71. The zero-order valence-corrected chi connectivity index (χ0v) is 11.3. The number of benzene rings is 1. The van der Waals surface area contributed by atoms with Crippen LogP contribution in [0.2, 0.25) is 0 Å². The molecule has 18 heavy (non-hydrogen) atoms. The van der Waals surface area contributed by atoms with Crippen LogP contribution < -0.4 is 11.5 Å². The van der Waals surface area contributed by atoms with Gasteiger partial charge in [0.15, 0.2) is 5.84 Å². The van der Waals surface area contributed by atoms with Gasteiger partial charge >= 0.3 is 0 Å². The largest absolute Gasteiger partial charge is 0.383 e. The monoisotopic (exact) mass is 310 g/mol. The molecule has 1 aromatic carbocycles. The molecule has 0 radical (unpaired) electrons. The highest BCUT2D eigenvalue weighted by molar-refractivity contribution is 6.76. The van der Waals surface area contributed by atoms with Crippen molar-refractivity contribution in [2.75, 3.05) is 0 Å². The SMILES string of the molecule is NC(=NCc1ccc(F)cc1)/N=C(\N)C(Cl)(Cl)Cl. The summed E-state index contributed by atoms with van der Waals surface area (Å²) in [5.74, 6) is -0.717. The highest BCUT2D eigenvalue weighted by atomic mass is 35.6. The minimum absolute atomic E-state index is 0.122. The average molecular weight is 312 g/mol. The number of nitrogens with two attached hydrogens (primary N) is 2. The summed E-state index contributed by atoms with van der Waals surface area (Å²) < 4.78 is 10.8. The van der Waals surface area contributed by atoms with E-state index in [1.54, 1.807) is 12.1 Å². The van der Waals surface area contributed by atoms with Crippen LogP contribution in [0.5, 0.6) is 0 Å². The van der Waals surface area contributed by atoms with Gasteiger partial charge in [-0.15, -0.1) is 0 Å². The Hall–Kier alpha value is -1.04. The van der Waals surface area contributed by atoms with Crippen LogP contribution >= 0.6 is 34.8 Å². The van der Waals surface area contributed by atoms with E-state index in [0.717, 1.165) is 5.56 Å². The van der Waals surface area contributed by atoms with Gasteiger partial charge in [0.05, 0.1) is 6.54 Å². The normalized spacial score (nSPS) is 13.8. The fourth-order valence-electron chi connectivity index (χ4n) is 0.984. The maximum absolute atomic E-state index is 12.6. The van der Waals surface area contributed by atoms with E-state index in [-0.39, 0.29) is 24.2 Å². The van der Waals surface area contributed by atoms with E-state index in [4.69, 9.17) is 46.3 Å². The molecule has 0 saturated heterocycles. The molecule has 0 bridgehead atoms. The van der Waals surface area contributed by atoms with Crippen LogP contribution in [-0.2, 0) is 6.54 Å². The fraction of sp³-hybridized carbons (Fsp3) is 0.200. The van der Waals surface area contributed by atoms with Crippen LogP contribution in [0.15, 0.2) is 34.3 Å². The van der Waals surface area contributed by atoms with Gasteiger partial charge in [-0.25, -0.2) is 9.38 Å². The first kappa shape index (κ1) is 15.0. The Morgan fingerprint density at radius 3 is 2.22 bits per heavy atom. The third-order valence-electron chi connectivity index (χ3n) is 1.86. The summed E-state index contributed by atoms with van der Waals surface area (Å²) in [6, 6.07) is 5.79. The summed E-state index contributed by atoms with van der Waals surface area (Å²) in [5.41, 5.74) is 11.6. The maximum Gasteiger partial charge on any atom is 0.247 e. The number of guanidine groups is 1. The number of amidine groups is 1. The van der Waals surface area contributed by atoms with E-state index in [1.165, 1.54) is 12.1 Å². The van der Waals surface area contributed by atoms with Crippen molar-refractivity contribution in [3.8, 4) is 0 Å². The molecule has 0 heterocycles. The molecule has 4 nitrogen and oxygen atoms in total. The van der Waals surface area contributed by atoms with Crippen LogP contribution in [0, 0.1) is 5.82 Å². The molecule has 8 heteroatoms. The summed E-state index contributed by atoms with van der Waals surface area (Å²) in [7, 11) is 0. The molecule has 0 aliphatic rings. The molecule has 0 saturated carbocycles. The standard InChI is InChI=1S/C10H10Cl3FN4/c11-10(12,13)8(15)18-9(16)17-5-6-1-3-7(14)4-2-6/h1-4H,5H2,(H4,15,16,17,18). The number of hydrogen-bond donors (Lipinski definition) is 2. The van der Waals surface area contributed by atoms with Gasteiger partial charge in [0, 0.05) is 0 Å². The quantitative estimate of drug-likeness (QED) is 0.500. The van der Waals surface area contributed by atoms with Crippen molar-refractivity contribution in [1.82, 2.24) is 0 Å². The molecule has 1 aromatic rings. The zero-order chi connectivity index (χ0) is 13.8. The molecular formula is C10H10Cl3FN4. The van der Waals surface area contributed by atoms with Crippen molar-refractivity contribution in [2.24, 2.45) is 21.5 Å². The second-order valence-electron chi connectivity index (χ2n) is 3.30. The second kappa shape index (κ2) is 6.22. The minimum atomic E-state index is -1.82. The van der Waals surface area contributed by atoms with Gasteiger partial charge in [-0.1, -0.05) is 46.9 Å². The van der Waals surface area contributed by atoms with Gasteiger partial charge in [-0.05, 0) is 17.7 Å². The lowest BCUT2D eigenvalue weighted by Crippen LogP contribution is -2.30. The topological polar surface area (TPSA) is 76.8 Å². The summed E-state index contributed by atoms with van der Waals surface area (Å²) >= 11 is 16.5. The molecule has 0 aliphatic carbocycles. The number of rotatable bonds is 2. The number of alkyl halides is 3. The first-order valence-electron chi connectivity index (χ1n) is 4.75. The Kier molecular flexibility index (Phi) is 5.19. The fourth-order valence-corrected chi connectivity index (χ4v) is 1.11. The van der Waals surface area contributed by atoms with E-state index in [0.29, 0.717) is 0 Å². The molecule has 0 atom stereocenters. The van der Waals surface area contributed by atoms with Crippen molar-refractivity contribution in [3.63, 3.8) is 0 Å². The van der Waals surface area contributed by atoms with Crippen LogP contribution in [0.4, 0.5) is 4.39 Å². The van der Waals surface area contributed by atoms with Crippen LogP contribution in [0.3, 0.4) is 0 Å². The van der Waals surface area contributed by atoms with E-state index in [9.17, 15) is 4.39 Å². The summed E-state index contributed by atoms with van der Waals surface area (Å²) in [5, 5.41) is 0. The number of hydrogen-bond acceptors (Lipinski definition) is 1. The van der Waals surface area contributed by atoms with Crippen molar-refractivity contribution in [1.29, 1.82) is 0 Å². The van der Waals surface area contributed by atoms with Crippen molar-refractivity contribution in [2.45, 2.75) is 10.3 Å².